The van der Waals surface area contributed by atoms with Crippen LogP contribution in [0.15, 0.2) is 5.38 Å². The third-order valence-electron chi connectivity index (χ3n) is 6.97. The van der Waals surface area contributed by atoms with Crippen molar-refractivity contribution < 1.29 is 14.6 Å². The number of thiophene rings is 1. The molecule has 1 spiro atoms. The first-order chi connectivity index (χ1) is 11.5. The predicted octanol–water partition coefficient (Wildman–Crippen LogP) is 3.02. The second-order valence-corrected chi connectivity index (χ2v) is 8.76. The minimum absolute atomic E-state index is 0.173. The molecule has 0 unspecified atom stereocenters. The Labute approximate surface area is 147 Å². The van der Waals surface area contributed by atoms with Gasteiger partial charge in [-0.05, 0) is 62.0 Å². The van der Waals surface area contributed by atoms with Crippen molar-refractivity contribution in [2.45, 2.75) is 63.6 Å². The normalized spacial score (nSPS) is 31.6. The average molecular weight is 349 g/mol. The monoisotopic (exact) mass is 349 g/mol. The molecule has 1 N–H and O–H groups in total. The molecular formula is C19H27NO3S. The summed E-state index contributed by atoms with van der Waals surface area (Å²) in [6.07, 6.45) is 6.70. The number of aliphatic hydroxyl groups excluding tert-OH is 1. The molecule has 0 aromatic carbocycles. The van der Waals surface area contributed by atoms with Gasteiger partial charge in [0.2, 0.25) is 0 Å². The van der Waals surface area contributed by atoms with Gasteiger partial charge in [-0.25, -0.2) is 0 Å². The van der Waals surface area contributed by atoms with E-state index in [1.54, 1.807) is 18.4 Å². The van der Waals surface area contributed by atoms with Gasteiger partial charge in [0.1, 0.15) is 0 Å². The zero-order valence-electron chi connectivity index (χ0n) is 14.6. The fourth-order valence-electron chi connectivity index (χ4n) is 5.09. The van der Waals surface area contributed by atoms with E-state index in [1.807, 2.05) is 4.90 Å². The topological polar surface area (TPSA) is 49.8 Å². The van der Waals surface area contributed by atoms with E-state index >= 15 is 0 Å². The highest BCUT2D eigenvalue weighted by Gasteiger charge is 2.63. The Morgan fingerprint density at radius 2 is 2.04 bits per heavy atom. The maximum Gasteiger partial charge on any atom is 0.264 e. The van der Waals surface area contributed by atoms with Gasteiger partial charge in [0.15, 0.2) is 0 Å². The first-order valence-electron chi connectivity index (χ1n) is 9.12. The summed E-state index contributed by atoms with van der Waals surface area (Å²) >= 11 is 1.63. The predicted molar refractivity (Wildman–Crippen MR) is 94.6 cm³/mol. The van der Waals surface area contributed by atoms with Gasteiger partial charge in [-0.1, -0.05) is 0 Å². The Bertz CT molecular complexity index is 647. The summed E-state index contributed by atoms with van der Waals surface area (Å²) in [5, 5.41) is 12.6. The molecule has 4 nitrogen and oxygen atoms in total. The molecule has 4 rings (SSSR count). The number of likely N-dealkylation sites (tertiary alicyclic amines) is 1. The molecule has 2 heterocycles. The first kappa shape index (κ1) is 16.6. The molecule has 1 aromatic heterocycles. The molecule has 1 amide bonds. The molecule has 3 aliphatic rings. The molecule has 2 atom stereocenters. The van der Waals surface area contributed by atoms with Gasteiger partial charge in [0.25, 0.3) is 5.91 Å². The summed E-state index contributed by atoms with van der Waals surface area (Å²) in [7, 11) is 1.74. The molecule has 24 heavy (non-hydrogen) atoms. The van der Waals surface area contributed by atoms with E-state index in [0.29, 0.717) is 6.42 Å². The largest absolute Gasteiger partial charge is 0.392 e. The first-order valence-corrected chi connectivity index (χ1v) is 10.0. The van der Waals surface area contributed by atoms with E-state index < -0.39 is 0 Å². The van der Waals surface area contributed by atoms with E-state index in [9.17, 15) is 9.90 Å². The number of hydrogen-bond donors (Lipinski definition) is 1. The van der Waals surface area contributed by atoms with Crippen molar-refractivity contribution in [2.24, 2.45) is 5.41 Å². The molecular weight excluding hydrogens is 322 g/mol. The number of piperidine rings is 1. The lowest BCUT2D eigenvalue weighted by molar-refractivity contribution is -0.259. The number of ether oxygens (including phenoxy) is 1. The molecule has 132 valence electrons. The number of carbonyl (C=O) groups excluding carboxylic acids is 1. The third-order valence-corrected chi connectivity index (χ3v) is 8.02. The number of hydrogen-bond acceptors (Lipinski definition) is 4. The highest BCUT2D eigenvalue weighted by Crippen LogP contribution is 2.58. The van der Waals surface area contributed by atoms with E-state index in [2.05, 4.69) is 12.3 Å². The van der Waals surface area contributed by atoms with Crippen LogP contribution in [-0.2, 0) is 17.6 Å². The van der Waals surface area contributed by atoms with Crippen molar-refractivity contribution in [3.05, 3.63) is 21.4 Å². The van der Waals surface area contributed by atoms with Gasteiger partial charge in [0.05, 0.1) is 16.6 Å². The molecule has 1 saturated carbocycles. The molecule has 0 bridgehead atoms. The van der Waals surface area contributed by atoms with E-state index in [1.165, 1.54) is 24.0 Å². The van der Waals surface area contributed by atoms with Gasteiger partial charge in [-0.3, -0.25) is 4.79 Å². The van der Waals surface area contributed by atoms with E-state index in [-0.39, 0.29) is 23.0 Å². The smallest absolute Gasteiger partial charge is 0.264 e. The molecule has 1 aliphatic heterocycles. The van der Waals surface area contributed by atoms with Crippen LogP contribution in [0.3, 0.4) is 0 Å². The zero-order valence-corrected chi connectivity index (χ0v) is 15.5. The number of aliphatic hydroxyl groups is 1. The molecule has 2 aliphatic carbocycles. The van der Waals surface area contributed by atoms with Crippen LogP contribution >= 0.6 is 11.3 Å². The fraction of sp³-hybridized carbons (Fsp3) is 0.737. The summed E-state index contributed by atoms with van der Waals surface area (Å²) in [5.41, 5.74) is 2.28. The summed E-state index contributed by atoms with van der Waals surface area (Å²) in [6.45, 7) is 3.55. The summed E-state index contributed by atoms with van der Waals surface area (Å²) in [5.74, 6) is 0.200. The summed E-state index contributed by atoms with van der Waals surface area (Å²) < 4.78 is 5.72. The number of rotatable bonds is 2. The minimum Gasteiger partial charge on any atom is -0.392 e. The van der Waals surface area contributed by atoms with Gasteiger partial charge < -0.3 is 14.7 Å². The van der Waals surface area contributed by atoms with Crippen molar-refractivity contribution in [3.8, 4) is 0 Å². The minimum atomic E-state index is -0.297. The third kappa shape index (κ3) is 2.21. The van der Waals surface area contributed by atoms with Crippen LogP contribution in [-0.4, -0.2) is 47.8 Å². The highest BCUT2D eigenvalue weighted by molar-refractivity contribution is 7.12. The molecule has 1 aromatic rings. The Morgan fingerprint density at radius 1 is 1.33 bits per heavy atom. The van der Waals surface area contributed by atoms with Crippen molar-refractivity contribution in [3.63, 3.8) is 0 Å². The Hall–Kier alpha value is -0.910. The molecule has 2 fully saturated rings. The maximum atomic E-state index is 13.0. The van der Waals surface area contributed by atoms with Crippen LogP contribution in [0.4, 0.5) is 0 Å². The van der Waals surface area contributed by atoms with E-state index in [0.717, 1.165) is 43.6 Å². The van der Waals surface area contributed by atoms with Gasteiger partial charge in [-0.2, -0.15) is 0 Å². The van der Waals surface area contributed by atoms with Crippen LogP contribution in [0.1, 0.15) is 59.8 Å². The number of fused-ring (bicyclic) bond motifs is 1. The molecule has 5 heteroatoms. The highest BCUT2D eigenvalue weighted by atomic mass is 32.1. The fourth-order valence-corrected chi connectivity index (χ4v) is 6.21. The second-order valence-electron chi connectivity index (χ2n) is 7.88. The number of carbonyl (C=O) groups is 1. The van der Waals surface area contributed by atoms with Crippen LogP contribution in [0.5, 0.6) is 0 Å². The second kappa shape index (κ2) is 5.82. The maximum absolute atomic E-state index is 13.0. The molecule has 1 saturated heterocycles. The molecule has 0 radical (unpaired) electrons. The number of aryl methyl sites for hydroxylation is 1. The van der Waals surface area contributed by atoms with Crippen LogP contribution < -0.4 is 0 Å². The zero-order chi connectivity index (χ0) is 16.9. The lowest BCUT2D eigenvalue weighted by Gasteiger charge is -2.62. The number of amides is 1. The average Bonchev–Trinajstić information content (AvgIpc) is 3.05. The quantitative estimate of drug-likeness (QED) is 0.893. The van der Waals surface area contributed by atoms with Gasteiger partial charge in [0, 0.05) is 32.0 Å². The SMILES string of the molecule is CO[C@@]1(C)C[C@@H](O)C12CCN(C(=O)c1scc3c1CCCC3)CC2. The van der Waals surface area contributed by atoms with Crippen LogP contribution in [0.2, 0.25) is 0 Å². The van der Waals surface area contributed by atoms with Gasteiger partial charge in [-0.15, -0.1) is 11.3 Å². The van der Waals surface area contributed by atoms with Gasteiger partial charge >= 0.3 is 0 Å². The van der Waals surface area contributed by atoms with Crippen LogP contribution in [0.25, 0.3) is 0 Å². The van der Waals surface area contributed by atoms with Crippen LogP contribution in [0, 0.1) is 5.41 Å². The number of methoxy groups -OCH3 is 1. The van der Waals surface area contributed by atoms with Crippen molar-refractivity contribution in [2.75, 3.05) is 20.2 Å². The lowest BCUT2D eigenvalue weighted by Crippen LogP contribution is -2.69. The van der Waals surface area contributed by atoms with E-state index in [4.69, 9.17) is 4.74 Å². The standard InChI is InChI=1S/C19H27NO3S/c1-18(23-2)11-15(21)19(18)7-9-20(10-8-19)17(22)16-14-6-4-3-5-13(14)12-24-16/h12,15,21H,3-11H2,1-2H3/t15-,18+/m1/s1. The summed E-state index contributed by atoms with van der Waals surface area (Å²) in [6, 6.07) is 0. The Kier molecular flexibility index (Phi) is 4.01. The van der Waals surface area contributed by atoms with Crippen molar-refractivity contribution in [1.29, 1.82) is 0 Å². The Balaban J connectivity index is 1.48. The van der Waals surface area contributed by atoms with Crippen molar-refractivity contribution in [1.82, 2.24) is 4.90 Å². The summed E-state index contributed by atoms with van der Waals surface area (Å²) in [4.78, 5) is 16.0. The lowest BCUT2D eigenvalue weighted by atomic mass is 9.51. The number of nitrogens with zero attached hydrogens (tertiary/aromatic N) is 1. The Morgan fingerprint density at radius 3 is 2.71 bits per heavy atom. The van der Waals surface area contributed by atoms with Crippen molar-refractivity contribution >= 4 is 17.2 Å².